The molecule has 0 amide bonds. The summed E-state index contributed by atoms with van der Waals surface area (Å²) in [5.74, 6) is 2.79. The van der Waals surface area contributed by atoms with E-state index in [4.69, 9.17) is 0 Å². The van der Waals surface area contributed by atoms with Crippen LogP contribution in [-0.4, -0.2) is 13.1 Å². The van der Waals surface area contributed by atoms with Crippen LogP contribution in [-0.2, 0) is 0 Å². The molecule has 2 heterocycles. The molecule has 2 aliphatic heterocycles. The number of rotatable bonds is 1. The molecule has 1 aliphatic carbocycles. The Hall–Kier alpha value is -0.0400. The molecule has 3 aliphatic rings. The molecule has 0 radical (unpaired) electrons. The Kier molecular flexibility index (Phi) is 2.88. The fourth-order valence-electron chi connectivity index (χ4n) is 3.60. The van der Waals surface area contributed by atoms with Crippen LogP contribution in [0.25, 0.3) is 0 Å². The molecule has 3 atom stereocenters. The van der Waals surface area contributed by atoms with Crippen molar-refractivity contribution in [2.75, 3.05) is 13.1 Å². The van der Waals surface area contributed by atoms with E-state index in [-0.39, 0.29) is 0 Å². The molecule has 3 rings (SSSR count). The van der Waals surface area contributed by atoms with E-state index in [2.05, 4.69) is 26.1 Å². The molecule has 0 aromatic rings. The Morgan fingerprint density at radius 1 is 1.21 bits per heavy atom. The lowest BCUT2D eigenvalue weighted by molar-refractivity contribution is 0.0143. The van der Waals surface area contributed by atoms with Gasteiger partial charge in [-0.2, -0.15) is 0 Å². The molecular weight excluding hydrogens is 170 g/mol. The second-order valence-corrected chi connectivity index (χ2v) is 6.00. The molecule has 3 fully saturated rings. The lowest BCUT2D eigenvalue weighted by atomic mass is 9.57. The number of fused-ring (bicyclic) bond motifs is 5. The van der Waals surface area contributed by atoms with E-state index in [1.165, 1.54) is 38.8 Å². The summed E-state index contributed by atoms with van der Waals surface area (Å²) < 4.78 is 0. The number of nitrogens with one attached hydrogen (secondary N) is 1. The van der Waals surface area contributed by atoms with Crippen LogP contribution in [0.3, 0.4) is 0 Å². The van der Waals surface area contributed by atoms with Crippen LogP contribution < -0.4 is 5.32 Å². The first-order valence-corrected chi connectivity index (χ1v) is 6.33. The molecule has 14 heavy (non-hydrogen) atoms. The third-order valence-corrected chi connectivity index (χ3v) is 5.01. The van der Waals surface area contributed by atoms with E-state index >= 15 is 0 Å². The zero-order chi connectivity index (χ0) is 10.2. The first kappa shape index (κ1) is 10.5. The summed E-state index contributed by atoms with van der Waals surface area (Å²) in [6.07, 6.45) is 5.82. The van der Waals surface area contributed by atoms with Gasteiger partial charge in [0.05, 0.1) is 0 Å². The van der Waals surface area contributed by atoms with Gasteiger partial charge in [0, 0.05) is 0 Å². The number of hydrogen-bond donors (Lipinski definition) is 1. The van der Waals surface area contributed by atoms with Crippen LogP contribution in [0, 0.1) is 23.2 Å². The zero-order valence-electron chi connectivity index (χ0n) is 9.97. The van der Waals surface area contributed by atoms with Crippen LogP contribution in [0.5, 0.6) is 0 Å². The van der Waals surface area contributed by atoms with Gasteiger partial charge in [-0.15, -0.1) is 0 Å². The molecule has 1 nitrogen and oxygen atoms in total. The van der Waals surface area contributed by atoms with E-state index in [0.29, 0.717) is 5.41 Å². The van der Waals surface area contributed by atoms with Gasteiger partial charge in [0.1, 0.15) is 0 Å². The molecule has 1 saturated carbocycles. The van der Waals surface area contributed by atoms with E-state index < -0.39 is 0 Å². The predicted octanol–water partition coefficient (Wildman–Crippen LogP) is 3.06. The van der Waals surface area contributed by atoms with Gasteiger partial charge in [-0.05, 0) is 61.9 Å². The summed E-state index contributed by atoms with van der Waals surface area (Å²) in [6, 6.07) is 0. The van der Waals surface area contributed by atoms with E-state index in [1.54, 1.807) is 0 Å². The number of hydrogen-bond acceptors (Lipinski definition) is 1. The maximum absolute atomic E-state index is 3.60. The largest absolute Gasteiger partial charge is 0.316 e. The molecule has 0 aromatic carbocycles. The molecule has 0 spiro atoms. The highest BCUT2D eigenvalue weighted by atomic mass is 14.9. The van der Waals surface area contributed by atoms with Gasteiger partial charge in [-0.3, -0.25) is 0 Å². The smallest absolute Gasteiger partial charge is 0.00203 e. The van der Waals surface area contributed by atoms with E-state index in [9.17, 15) is 0 Å². The fourth-order valence-corrected chi connectivity index (χ4v) is 3.60. The minimum atomic E-state index is 0.630. The van der Waals surface area contributed by atoms with Crippen LogP contribution >= 0.6 is 0 Å². The standard InChI is InChI=1S/C13H25N/c1-10(2)13(3)8-11-4-5-12(13)6-7-14-9-11/h10-12,14H,4-9H2,1-3H3. The van der Waals surface area contributed by atoms with Crippen molar-refractivity contribution in [2.24, 2.45) is 23.2 Å². The van der Waals surface area contributed by atoms with Crippen molar-refractivity contribution in [2.45, 2.75) is 46.5 Å². The van der Waals surface area contributed by atoms with Crippen molar-refractivity contribution >= 4 is 0 Å². The SMILES string of the molecule is CC(C)C1(C)CC2CCC1CCNC2. The highest BCUT2D eigenvalue weighted by Gasteiger charge is 2.42. The molecule has 82 valence electrons. The molecule has 0 aromatic heterocycles. The van der Waals surface area contributed by atoms with Gasteiger partial charge in [0.25, 0.3) is 0 Å². The van der Waals surface area contributed by atoms with Crippen molar-refractivity contribution in [1.29, 1.82) is 0 Å². The summed E-state index contributed by atoms with van der Waals surface area (Å²) in [7, 11) is 0. The maximum Gasteiger partial charge on any atom is -0.00203 e. The van der Waals surface area contributed by atoms with Crippen LogP contribution in [0.15, 0.2) is 0 Å². The highest BCUT2D eigenvalue weighted by Crippen LogP contribution is 2.50. The van der Waals surface area contributed by atoms with E-state index in [0.717, 1.165) is 17.8 Å². The van der Waals surface area contributed by atoms with Gasteiger partial charge in [-0.25, -0.2) is 0 Å². The summed E-state index contributed by atoms with van der Waals surface area (Å²) in [5.41, 5.74) is 0.630. The normalized spacial score (nSPS) is 43.7. The van der Waals surface area contributed by atoms with Gasteiger partial charge in [0.2, 0.25) is 0 Å². The van der Waals surface area contributed by atoms with Gasteiger partial charge in [0.15, 0.2) is 0 Å². The van der Waals surface area contributed by atoms with E-state index in [1.807, 2.05) is 0 Å². The Bertz CT molecular complexity index is 195. The average Bonchev–Trinajstić information content (AvgIpc) is 2.07. The Balaban J connectivity index is 2.17. The molecule has 2 saturated heterocycles. The summed E-state index contributed by atoms with van der Waals surface area (Å²) >= 11 is 0. The Morgan fingerprint density at radius 2 is 2.00 bits per heavy atom. The third-order valence-electron chi connectivity index (χ3n) is 5.01. The van der Waals surface area contributed by atoms with Gasteiger partial charge in [-0.1, -0.05) is 20.8 Å². The second-order valence-electron chi connectivity index (χ2n) is 6.00. The lowest BCUT2D eigenvalue weighted by Crippen LogP contribution is -2.45. The Labute approximate surface area is 88.7 Å². The third kappa shape index (κ3) is 1.71. The first-order valence-electron chi connectivity index (χ1n) is 6.33. The minimum absolute atomic E-state index is 0.630. The van der Waals surface area contributed by atoms with Crippen molar-refractivity contribution in [3.8, 4) is 0 Å². The average molecular weight is 195 g/mol. The molecular formula is C13H25N. The second kappa shape index (κ2) is 3.84. The predicted molar refractivity (Wildman–Crippen MR) is 61.3 cm³/mol. The monoisotopic (exact) mass is 195 g/mol. The van der Waals surface area contributed by atoms with Crippen LogP contribution in [0.2, 0.25) is 0 Å². The molecule has 2 bridgehead atoms. The highest BCUT2D eigenvalue weighted by molar-refractivity contribution is 4.93. The molecule has 1 N–H and O–H groups in total. The summed E-state index contributed by atoms with van der Waals surface area (Å²) in [4.78, 5) is 0. The Morgan fingerprint density at radius 3 is 2.71 bits per heavy atom. The van der Waals surface area contributed by atoms with Crippen LogP contribution in [0.1, 0.15) is 46.5 Å². The maximum atomic E-state index is 3.60. The summed E-state index contributed by atoms with van der Waals surface area (Å²) in [5, 5.41) is 3.60. The minimum Gasteiger partial charge on any atom is -0.316 e. The summed E-state index contributed by atoms with van der Waals surface area (Å²) in [6.45, 7) is 9.91. The topological polar surface area (TPSA) is 12.0 Å². The van der Waals surface area contributed by atoms with Gasteiger partial charge >= 0.3 is 0 Å². The fraction of sp³-hybridized carbons (Fsp3) is 1.00. The molecule has 1 heteroatoms. The van der Waals surface area contributed by atoms with Crippen molar-refractivity contribution in [1.82, 2.24) is 5.32 Å². The van der Waals surface area contributed by atoms with Crippen molar-refractivity contribution < 1.29 is 0 Å². The van der Waals surface area contributed by atoms with Gasteiger partial charge < -0.3 is 5.32 Å². The first-order chi connectivity index (χ1) is 6.63. The van der Waals surface area contributed by atoms with Crippen LogP contribution in [0.4, 0.5) is 0 Å². The quantitative estimate of drug-likeness (QED) is 0.678. The lowest BCUT2D eigenvalue weighted by Gasteiger charge is -2.49. The molecule has 3 unspecified atom stereocenters. The van der Waals surface area contributed by atoms with Crippen molar-refractivity contribution in [3.05, 3.63) is 0 Å². The zero-order valence-corrected chi connectivity index (χ0v) is 9.97. The van der Waals surface area contributed by atoms with Crippen molar-refractivity contribution in [3.63, 3.8) is 0 Å².